The van der Waals surface area contributed by atoms with Crippen LogP contribution in [-0.2, 0) is 13.1 Å². The number of urea groups is 1. The number of carbonyl (C=O) groups excluding carboxylic acids is 1. The Bertz CT molecular complexity index is 608. The molecule has 2 aliphatic rings. The minimum absolute atomic E-state index is 0.0116. The minimum Gasteiger partial charge on any atom is -0.338 e. The van der Waals surface area contributed by atoms with Crippen LogP contribution in [0.25, 0.3) is 0 Å². The molecule has 1 aromatic heterocycles. The number of likely N-dealkylation sites (tertiary alicyclic amines) is 2. The molecule has 2 fully saturated rings. The van der Waals surface area contributed by atoms with Gasteiger partial charge in [-0.3, -0.25) is 9.58 Å². The van der Waals surface area contributed by atoms with Crippen molar-refractivity contribution in [1.29, 1.82) is 0 Å². The van der Waals surface area contributed by atoms with Crippen LogP contribution in [0, 0.1) is 5.92 Å². The Balaban J connectivity index is 1.51. The maximum absolute atomic E-state index is 13.5. The standard InChI is InChI=1S/C17H28F2N6O/c1-2-20-16(26)24-8-3-5-14(9-24)10-25-12-15(21-22-25)11-23-7-4-6-17(18,19)13-23/h12,14H,2-11,13H2,1H3,(H,20,26). The molecular formula is C17H28F2N6O. The minimum atomic E-state index is -2.60. The van der Waals surface area contributed by atoms with Gasteiger partial charge in [-0.1, -0.05) is 5.21 Å². The van der Waals surface area contributed by atoms with Crippen LogP contribution in [0.5, 0.6) is 0 Å². The Hall–Kier alpha value is -1.77. The first-order chi connectivity index (χ1) is 12.4. The summed E-state index contributed by atoms with van der Waals surface area (Å²) in [6, 6.07) is -0.0116. The summed E-state index contributed by atoms with van der Waals surface area (Å²) in [6.45, 7) is 5.60. The molecule has 2 saturated heterocycles. The van der Waals surface area contributed by atoms with E-state index in [0.717, 1.165) is 25.1 Å². The number of alkyl halides is 2. The van der Waals surface area contributed by atoms with Gasteiger partial charge in [0, 0.05) is 45.3 Å². The summed E-state index contributed by atoms with van der Waals surface area (Å²) in [7, 11) is 0. The van der Waals surface area contributed by atoms with Crippen LogP contribution < -0.4 is 5.32 Å². The monoisotopic (exact) mass is 370 g/mol. The largest absolute Gasteiger partial charge is 0.338 e. The fourth-order valence-corrected chi connectivity index (χ4v) is 3.84. The highest BCUT2D eigenvalue weighted by Gasteiger charge is 2.35. The van der Waals surface area contributed by atoms with E-state index in [-0.39, 0.29) is 19.0 Å². The smallest absolute Gasteiger partial charge is 0.317 e. The first-order valence-corrected chi connectivity index (χ1v) is 9.47. The van der Waals surface area contributed by atoms with Crippen LogP contribution in [0.1, 0.15) is 38.3 Å². The van der Waals surface area contributed by atoms with Gasteiger partial charge in [0.25, 0.3) is 5.92 Å². The van der Waals surface area contributed by atoms with Gasteiger partial charge in [-0.25, -0.2) is 13.6 Å². The van der Waals surface area contributed by atoms with E-state index < -0.39 is 5.92 Å². The second-order valence-corrected chi connectivity index (χ2v) is 7.39. The van der Waals surface area contributed by atoms with Crippen LogP contribution in [0.2, 0.25) is 0 Å². The molecule has 2 aliphatic heterocycles. The number of halogens is 2. The molecule has 0 radical (unpaired) electrons. The topological polar surface area (TPSA) is 66.3 Å². The van der Waals surface area contributed by atoms with Crippen LogP contribution in [0.15, 0.2) is 6.20 Å². The average molecular weight is 370 g/mol. The summed E-state index contributed by atoms with van der Waals surface area (Å²) < 4.78 is 28.8. The number of piperidine rings is 2. The van der Waals surface area contributed by atoms with E-state index in [4.69, 9.17) is 0 Å². The molecule has 0 bridgehead atoms. The SMILES string of the molecule is CCNC(=O)N1CCCC(Cn2cc(CN3CCCC(F)(F)C3)nn2)C1. The van der Waals surface area contributed by atoms with Gasteiger partial charge in [0.15, 0.2) is 0 Å². The van der Waals surface area contributed by atoms with Crippen molar-refractivity contribution < 1.29 is 13.6 Å². The summed E-state index contributed by atoms with van der Waals surface area (Å²) in [5.41, 5.74) is 0.721. The maximum atomic E-state index is 13.5. The Labute approximate surface area is 152 Å². The highest BCUT2D eigenvalue weighted by molar-refractivity contribution is 5.74. The summed E-state index contributed by atoms with van der Waals surface area (Å²) >= 11 is 0. The van der Waals surface area contributed by atoms with Gasteiger partial charge in [-0.2, -0.15) is 0 Å². The number of nitrogens with zero attached hydrogens (tertiary/aromatic N) is 5. The van der Waals surface area contributed by atoms with Crippen molar-refractivity contribution in [3.05, 3.63) is 11.9 Å². The normalized spacial score (nSPS) is 23.8. The van der Waals surface area contributed by atoms with Crippen molar-refractivity contribution in [3.63, 3.8) is 0 Å². The lowest BCUT2D eigenvalue weighted by molar-refractivity contribution is -0.0663. The molecule has 146 valence electrons. The predicted octanol–water partition coefficient (Wildman–Crippen LogP) is 1.95. The van der Waals surface area contributed by atoms with Crippen LogP contribution in [-0.4, -0.2) is 69.5 Å². The highest BCUT2D eigenvalue weighted by Crippen LogP contribution is 2.27. The molecule has 1 atom stereocenters. The van der Waals surface area contributed by atoms with E-state index in [0.29, 0.717) is 45.1 Å². The third-order valence-electron chi connectivity index (χ3n) is 5.02. The highest BCUT2D eigenvalue weighted by atomic mass is 19.3. The number of carbonyl (C=O) groups is 1. The van der Waals surface area contributed by atoms with E-state index in [1.165, 1.54) is 0 Å². The van der Waals surface area contributed by atoms with E-state index in [9.17, 15) is 13.6 Å². The first kappa shape index (κ1) is 19.0. The van der Waals surface area contributed by atoms with Crippen molar-refractivity contribution in [2.45, 2.75) is 51.6 Å². The van der Waals surface area contributed by atoms with E-state index >= 15 is 0 Å². The maximum Gasteiger partial charge on any atom is 0.317 e. The summed E-state index contributed by atoms with van der Waals surface area (Å²) in [5, 5.41) is 11.1. The zero-order valence-corrected chi connectivity index (χ0v) is 15.3. The molecule has 1 unspecified atom stereocenters. The Kier molecular flexibility index (Phi) is 6.05. The summed E-state index contributed by atoms with van der Waals surface area (Å²) in [5.74, 6) is -2.26. The molecule has 0 aliphatic carbocycles. The zero-order chi connectivity index (χ0) is 18.6. The summed E-state index contributed by atoms with van der Waals surface area (Å²) in [4.78, 5) is 15.6. The second kappa shape index (κ2) is 8.28. The van der Waals surface area contributed by atoms with Crippen molar-refractivity contribution in [1.82, 2.24) is 30.1 Å². The number of aromatic nitrogens is 3. The fourth-order valence-electron chi connectivity index (χ4n) is 3.84. The molecule has 3 rings (SSSR count). The van der Waals surface area contributed by atoms with E-state index in [2.05, 4.69) is 15.6 Å². The molecule has 1 aromatic rings. The Morgan fingerprint density at radius 1 is 1.38 bits per heavy atom. The van der Waals surface area contributed by atoms with Crippen LogP contribution >= 0.6 is 0 Å². The van der Waals surface area contributed by atoms with Crippen LogP contribution in [0.3, 0.4) is 0 Å². The van der Waals surface area contributed by atoms with E-state index in [1.807, 2.05) is 18.0 Å². The molecule has 2 amide bonds. The lowest BCUT2D eigenvalue weighted by Gasteiger charge is -2.32. The van der Waals surface area contributed by atoms with Gasteiger partial charge < -0.3 is 10.2 Å². The molecule has 0 saturated carbocycles. The number of hydrogen-bond donors (Lipinski definition) is 1. The number of amides is 2. The van der Waals surface area contributed by atoms with Gasteiger partial charge >= 0.3 is 6.03 Å². The van der Waals surface area contributed by atoms with Gasteiger partial charge in [0.1, 0.15) is 0 Å². The van der Waals surface area contributed by atoms with Crippen molar-refractivity contribution in [2.75, 3.05) is 32.7 Å². The molecule has 26 heavy (non-hydrogen) atoms. The summed E-state index contributed by atoms with van der Waals surface area (Å²) in [6.07, 6.45) is 4.35. The lowest BCUT2D eigenvalue weighted by Crippen LogP contribution is -2.46. The van der Waals surface area contributed by atoms with E-state index in [1.54, 1.807) is 9.58 Å². The lowest BCUT2D eigenvalue weighted by atomic mass is 9.98. The van der Waals surface area contributed by atoms with Crippen molar-refractivity contribution in [2.24, 2.45) is 5.92 Å². The fraction of sp³-hybridized carbons (Fsp3) is 0.824. The molecule has 7 nitrogen and oxygen atoms in total. The molecule has 0 aromatic carbocycles. The second-order valence-electron chi connectivity index (χ2n) is 7.39. The number of rotatable bonds is 5. The van der Waals surface area contributed by atoms with Gasteiger partial charge in [0.2, 0.25) is 0 Å². The molecular weight excluding hydrogens is 342 g/mol. The third kappa shape index (κ3) is 5.12. The van der Waals surface area contributed by atoms with Crippen molar-refractivity contribution >= 4 is 6.03 Å². The third-order valence-corrected chi connectivity index (χ3v) is 5.02. The van der Waals surface area contributed by atoms with Crippen LogP contribution in [0.4, 0.5) is 13.6 Å². The van der Waals surface area contributed by atoms with Gasteiger partial charge in [0.05, 0.1) is 12.2 Å². The number of hydrogen-bond acceptors (Lipinski definition) is 4. The first-order valence-electron chi connectivity index (χ1n) is 9.47. The molecule has 0 spiro atoms. The average Bonchev–Trinajstić information content (AvgIpc) is 3.01. The Morgan fingerprint density at radius 2 is 2.23 bits per heavy atom. The van der Waals surface area contributed by atoms with Gasteiger partial charge in [-0.15, -0.1) is 5.10 Å². The molecule has 9 heteroatoms. The number of nitrogens with one attached hydrogen (secondary N) is 1. The molecule has 3 heterocycles. The molecule has 1 N–H and O–H groups in total. The van der Waals surface area contributed by atoms with Crippen molar-refractivity contribution in [3.8, 4) is 0 Å². The Morgan fingerprint density at radius 3 is 3.00 bits per heavy atom. The zero-order valence-electron chi connectivity index (χ0n) is 15.3. The quantitative estimate of drug-likeness (QED) is 0.860. The van der Waals surface area contributed by atoms with Gasteiger partial charge in [-0.05, 0) is 38.6 Å². The predicted molar refractivity (Wildman–Crippen MR) is 92.8 cm³/mol.